The van der Waals surface area contributed by atoms with Crippen molar-refractivity contribution in [2.24, 2.45) is 17.3 Å². The van der Waals surface area contributed by atoms with Crippen molar-refractivity contribution in [2.75, 3.05) is 26.3 Å². The Morgan fingerprint density at radius 3 is 2.54 bits per heavy atom. The van der Waals surface area contributed by atoms with Crippen LogP contribution in [-0.2, 0) is 4.74 Å². The second-order valence-electron chi connectivity index (χ2n) is 4.92. The highest BCUT2D eigenvalue weighted by Gasteiger charge is 2.47. The number of rotatable bonds is 2. The van der Waals surface area contributed by atoms with Crippen molar-refractivity contribution < 1.29 is 4.74 Å². The van der Waals surface area contributed by atoms with Gasteiger partial charge in [0, 0.05) is 5.41 Å². The molecule has 2 fully saturated rings. The summed E-state index contributed by atoms with van der Waals surface area (Å²) in [5.41, 5.74) is 0.507. The maximum Gasteiger partial charge on any atom is 0.0550 e. The molecule has 1 atom stereocenters. The molecule has 2 rings (SSSR count). The van der Waals surface area contributed by atoms with E-state index >= 15 is 0 Å². The van der Waals surface area contributed by atoms with E-state index in [0.29, 0.717) is 5.41 Å². The minimum absolute atomic E-state index is 0.507. The minimum atomic E-state index is 0.507. The third kappa shape index (κ3) is 1.50. The van der Waals surface area contributed by atoms with E-state index in [1.54, 1.807) is 0 Å². The molecule has 0 saturated carbocycles. The number of piperidine rings is 1. The Morgan fingerprint density at radius 1 is 1.38 bits per heavy atom. The first-order valence-corrected chi connectivity index (χ1v) is 5.54. The van der Waals surface area contributed by atoms with Crippen molar-refractivity contribution in [3.63, 3.8) is 0 Å². The van der Waals surface area contributed by atoms with E-state index in [0.717, 1.165) is 25.0 Å². The lowest BCUT2D eigenvalue weighted by molar-refractivity contribution is -0.174. The van der Waals surface area contributed by atoms with Crippen LogP contribution in [0.5, 0.6) is 0 Å². The quantitative estimate of drug-likeness (QED) is 0.703. The predicted octanol–water partition coefficient (Wildman–Crippen LogP) is 1.66. The Labute approximate surface area is 81.0 Å². The lowest BCUT2D eigenvalue weighted by Crippen LogP contribution is -2.55. The highest BCUT2D eigenvalue weighted by atomic mass is 16.5. The van der Waals surface area contributed by atoms with Gasteiger partial charge in [0.15, 0.2) is 0 Å². The molecule has 1 unspecified atom stereocenters. The molecule has 0 aliphatic carbocycles. The Hall–Kier alpha value is -0.0800. The standard InChI is InChI=1S/C11H21NO/c1-9(2)11(7-13-8-11)10-4-3-5-12-6-10/h9-10,12H,3-8H2,1-2H3. The molecule has 0 aromatic carbocycles. The number of hydrogen-bond acceptors (Lipinski definition) is 2. The SMILES string of the molecule is CC(C)C1(C2CCCNC2)COC1. The first kappa shape index (κ1) is 9.47. The molecule has 0 aromatic rings. The van der Waals surface area contributed by atoms with Crippen molar-refractivity contribution in [1.29, 1.82) is 0 Å². The second-order valence-corrected chi connectivity index (χ2v) is 4.92. The van der Waals surface area contributed by atoms with Gasteiger partial charge in [-0.2, -0.15) is 0 Å². The highest BCUT2D eigenvalue weighted by molar-refractivity contribution is 4.96. The molecule has 0 radical (unpaired) electrons. The topological polar surface area (TPSA) is 21.3 Å². The predicted molar refractivity (Wildman–Crippen MR) is 53.7 cm³/mol. The summed E-state index contributed by atoms with van der Waals surface area (Å²) in [4.78, 5) is 0. The smallest absolute Gasteiger partial charge is 0.0550 e. The first-order chi connectivity index (χ1) is 6.26. The van der Waals surface area contributed by atoms with E-state index in [2.05, 4.69) is 19.2 Å². The van der Waals surface area contributed by atoms with Crippen LogP contribution in [0.1, 0.15) is 26.7 Å². The fourth-order valence-electron chi connectivity index (χ4n) is 2.72. The average molecular weight is 183 g/mol. The second kappa shape index (κ2) is 3.58. The van der Waals surface area contributed by atoms with Crippen LogP contribution >= 0.6 is 0 Å². The van der Waals surface area contributed by atoms with Gasteiger partial charge in [-0.25, -0.2) is 0 Å². The minimum Gasteiger partial charge on any atom is -0.380 e. The highest BCUT2D eigenvalue weighted by Crippen LogP contribution is 2.45. The molecule has 0 bridgehead atoms. The molecular weight excluding hydrogens is 162 g/mol. The molecule has 76 valence electrons. The Morgan fingerprint density at radius 2 is 2.15 bits per heavy atom. The van der Waals surface area contributed by atoms with Crippen molar-refractivity contribution in [1.82, 2.24) is 5.32 Å². The van der Waals surface area contributed by atoms with E-state index in [1.807, 2.05) is 0 Å². The maximum absolute atomic E-state index is 5.42. The molecule has 2 saturated heterocycles. The van der Waals surface area contributed by atoms with Crippen molar-refractivity contribution in [2.45, 2.75) is 26.7 Å². The lowest BCUT2D eigenvalue weighted by atomic mass is 9.64. The molecular formula is C11H21NO. The summed E-state index contributed by atoms with van der Waals surface area (Å²) in [6.45, 7) is 9.11. The molecule has 0 amide bonds. The zero-order valence-electron chi connectivity index (χ0n) is 8.81. The fourth-order valence-corrected chi connectivity index (χ4v) is 2.72. The van der Waals surface area contributed by atoms with Gasteiger partial charge in [-0.15, -0.1) is 0 Å². The van der Waals surface area contributed by atoms with Crippen molar-refractivity contribution in [3.8, 4) is 0 Å². The molecule has 13 heavy (non-hydrogen) atoms. The van der Waals surface area contributed by atoms with E-state index in [9.17, 15) is 0 Å². The molecule has 1 N–H and O–H groups in total. The summed E-state index contributed by atoms with van der Waals surface area (Å²) in [6.07, 6.45) is 2.74. The van der Waals surface area contributed by atoms with E-state index in [-0.39, 0.29) is 0 Å². The normalized spacial score (nSPS) is 33.0. The van der Waals surface area contributed by atoms with Gasteiger partial charge >= 0.3 is 0 Å². The summed E-state index contributed by atoms with van der Waals surface area (Å²) >= 11 is 0. The van der Waals surface area contributed by atoms with Crippen LogP contribution in [0.15, 0.2) is 0 Å². The number of ether oxygens (including phenoxy) is 1. The van der Waals surface area contributed by atoms with Gasteiger partial charge in [-0.1, -0.05) is 13.8 Å². The van der Waals surface area contributed by atoms with Crippen LogP contribution in [-0.4, -0.2) is 26.3 Å². The van der Waals surface area contributed by atoms with Crippen molar-refractivity contribution >= 4 is 0 Å². The monoisotopic (exact) mass is 183 g/mol. The molecule has 2 nitrogen and oxygen atoms in total. The zero-order chi connectivity index (χ0) is 9.31. The average Bonchev–Trinajstić information content (AvgIpc) is 2.03. The summed E-state index contributed by atoms with van der Waals surface area (Å²) in [5, 5.41) is 3.51. The van der Waals surface area contributed by atoms with Gasteiger partial charge in [-0.3, -0.25) is 0 Å². The molecule has 0 spiro atoms. The van der Waals surface area contributed by atoms with Crippen molar-refractivity contribution in [3.05, 3.63) is 0 Å². The summed E-state index contributed by atoms with van der Waals surface area (Å²) in [7, 11) is 0. The zero-order valence-corrected chi connectivity index (χ0v) is 8.81. The largest absolute Gasteiger partial charge is 0.380 e. The van der Waals surface area contributed by atoms with Gasteiger partial charge in [0.1, 0.15) is 0 Å². The molecule has 2 aliphatic heterocycles. The van der Waals surface area contributed by atoms with Crippen LogP contribution in [0.25, 0.3) is 0 Å². The molecule has 2 heteroatoms. The van der Waals surface area contributed by atoms with Gasteiger partial charge < -0.3 is 10.1 Å². The van der Waals surface area contributed by atoms with Gasteiger partial charge in [-0.05, 0) is 37.8 Å². The number of nitrogens with one attached hydrogen (secondary N) is 1. The Bertz CT molecular complexity index is 169. The van der Waals surface area contributed by atoms with E-state index < -0.39 is 0 Å². The van der Waals surface area contributed by atoms with Gasteiger partial charge in [0.05, 0.1) is 13.2 Å². The van der Waals surface area contributed by atoms with Gasteiger partial charge in [0.25, 0.3) is 0 Å². The third-order valence-electron chi connectivity index (χ3n) is 4.00. The maximum atomic E-state index is 5.42. The Kier molecular flexibility index (Phi) is 2.61. The molecule has 2 aliphatic rings. The Balaban J connectivity index is 2.02. The summed E-state index contributed by atoms with van der Waals surface area (Å²) in [6, 6.07) is 0. The van der Waals surface area contributed by atoms with Crippen LogP contribution in [0.2, 0.25) is 0 Å². The van der Waals surface area contributed by atoms with E-state index in [1.165, 1.54) is 25.9 Å². The van der Waals surface area contributed by atoms with Crippen LogP contribution in [0, 0.1) is 17.3 Å². The summed E-state index contributed by atoms with van der Waals surface area (Å²) in [5.74, 6) is 1.63. The fraction of sp³-hybridized carbons (Fsp3) is 1.00. The van der Waals surface area contributed by atoms with E-state index in [4.69, 9.17) is 4.74 Å². The molecule has 0 aromatic heterocycles. The van der Waals surface area contributed by atoms with Crippen LogP contribution in [0.4, 0.5) is 0 Å². The van der Waals surface area contributed by atoms with Crippen LogP contribution in [0.3, 0.4) is 0 Å². The van der Waals surface area contributed by atoms with Crippen LogP contribution < -0.4 is 5.32 Å². The summed E-state index contributed by atoms with van der Waals surface area (Å²) < 4.78 is 5.42. The first-order valence-electron chi connectivity index (χ1n) is 5.54. The van der Waals surface area contributed by atoms with Gasteiger partial charge in [0.2, 0.25) is 0 Å². The molecule has 2 heterocycles. The number of hydrogen-bond donors (Lipinski definition) is 1. The third-order valence-corrected chi connectivity index (χ3v) is 4.00. The lowest BCUT2D eigenvalue weighted by Gasteiger charge is -2.51.